The van der Waals surface area contributed by atoms with Gasteiger partial charge in [-0.25, -0.2) is 0 Å². The van der Waals surface area contributed by atoms with Crippen LogP contribution in [0, 0.1) is 6.92 Å². The summed E-state index contributed by atoms with van der Waals surface area (Å²) in [6.07, 6.45) is 10.6. The molecule has 0 amide bonds. The highest BCUT2D eigenvalue weighted by molar-refractivity contribution is 5.68. The van der Waals surface area contributed by atoms with Crippen LogP contribution in [0.1, 0.15) is 68.2 Å². The first kappa shape index (κ1) is 12.0. The fourth-order valence-corrected chi connectivity index (χ4v) is 3.92. The van der Waals surface area contributed by atoms with Crippen LogP contribution in [0.3, 0.4) is 0 Å². The van der Waals surface area contributed by atoms with Crippen molar-refractivity contribution in [2.24, 2.45) is 0 Å². The molecule has 0 atom stereocenters. The van der Waals surface area contributed by atoms with Gasteiger partial charge in [0.15, 0.2) is 0 Å². The van der Waals surface area contributed by atoms with Crippen LogP contribution >= 0.6 is 0 Å². The third kappa shape index (κ3) is 1.83. The van der Waals surface area contributed by atoms with Crippen molar-refractivity contribution >= 4 is 6.08 Å². The van der Waals surface area contributed by atoms with Crippen molar-refractivity contribution < 1.29 is 0 Å². The Morgan fingerprint density at radius 2 is 1.72 bits per heavy atom. The normalized spacial score (nSPS) is 21.6. The van der Waals surface area contributed by atoms with Gasteiger partial charge in [0.25, 0.3) is 0 Å². The van der Waals surface area contributed by atoms with Gasteiger partial charge < -0.3 is 0 Å². The molecule has 2 aliphatic carbocycles. The number of hydrogen-bond acceptors (Lipinski definition) is 0. The molecule has 0 spiro atoms. The highest BCUT2D eigenvalue weighted by Crippen LogP contribution is 2.43. The number of hydrogen-bond donors (Lipinski definition) is 0. The first-order valence-corrected chi connectivity index (χ1v) is 7.40. The predicted octanol–water partition coefficient (Wildman–Crippen LogP) is 5.18. The summed E-state index contributed by atoms with van der Waals surface area (Å²) in [6.45, 7) is 7.01. The monoisotopic (exact) mass is 240 g/mol. The predicted molar refractivity (Wildman–Crippen MR) is 79.0 cm³/mol. The van der Waals surface area contributed by atoms with E-state index >= 15 is 0 Å². The van der Waals surface area contributed by atoms with Crippen molar-refractivity contribution in [1.82, 2.24) is 0 Å². The Morgan fingerprint density at radius 1 is 1.00 bits per heavy atom. The Morgan fingerprint density at radius 3 is 2.44 bits per heavy atom. The van der Waals surface area contributed by atoms with Gasteiger partial charge in [0.05, 0.1) is 0 Å². The summed E-state index contributed by atoms with van der Waals surface area (Å²) < 4.78 is 0. The van der Waals surface area contributed by atoms with Gasteiger partial charge in [0.2, 0.25) is 0 Å². The molecule has 96 valence electrons. The van der Waals surface area contributed by atoms with Gasteiger partial charge in [-0.15, -0.1) is 0 Å². The molecule has 0 heteroatoms. The van der Waals surface area contributed by atoms with E-state index in [4.69, 9.17) is 0 Å². The second kappa shape index (κ2) is 4.26. The minimum atomic E-state index is 0.439. The summed E-state index contributed by atoms with van der Waals surface area (Å²) in [6, 6.07) is 4.76. The highest BCUT2D eigenvalue weighted by Gasteiger charge is 2.32. The van der Waals surface area contributed by atoms with Crippen LogP contribution in [0.15, 0.2) is 17.7 Å². The molecular weight excluding hydrogens is 216 g/mol. The number of fused-ring (bicyclic) bond motifs is 1. The van der Waals surface area contributed by atoms with E-state index in [1.807, 2.05) is 0 Å². The van der Waals surface area contributed by atoms with Crippen molar-refractivity contribution in [3.05, 3.63) is 40.0 Å². The van der Waals surface area contributed by atoms with E-state index in [1.165, 1.54) is 55.2 Å². The second-order valence-electron chi connectivity index (χ2n) is 6.61. The van der Waals surface area contributed by atoms with Crippen molar-refractivity contribution in [1.29, 1.82) is 0 Å². The summed E-state index contributed by atoms with van der Waals surface area (Å²) in [7, 11) is 0. The van der Waals surface area contributed by atoms with E-state index in [0.29, 0.717) is 5.41 Å². The standard InChI is InChI=1S/C18H24/c1-13-11-15-14(2)7-8-17(16(15)12-13)18(3)9-5-4-6-10-18/h7-8,11H,4-6,9-10,12H2,1-3H3. The van der Waals surface area contributed by atoms with E-state index in [0.717, 1.165) is 0 Å². The summed E-state index contributed by atoms with van der Waals surface area (Å²) in [4.78, 5) is 0. The Balaban J connectivity index is 2.08. The molecule has 1 aromatic rings. The third-order valence-electron chi connectivity index (χ3n) is 5.03. The maximum absolute atomic E-state index is 2.49. The molecule has 0 radical (unpaired) electrons. The number of allylic oxidation sites excluding steroid dienone is 1. The smallest absolute Gasteiger partial charge is 0.00576 e. The molecule has 0 nitrogen and oxygen atoms in total. The molecule has 0 unspecified atom stereocenters. The molecule has 0 heterocycles. The van der Waals surface area contributed by atoms with Gasteiger partial charge >= 0.3 is 0 Å². The van der Waals surface area contributed by atoms with Crippen LogP contribution in [0.25, 0.3) is 6.08 Å². The zero-order valence-corrected chi connectivity index (χ0v) is 12.0. The zero-order valence-electron chi connectivity index (χ0n) is 12.0. The average Bonchev–Trinajstić information content (AvgIpc) is 2.72. The lowest BCUT2D eigenvalue weighted by Crippen LogP contribution is -2.26. The molecule has 0 aromatic heterocycles. The molecule has 3 rings (SSSR count). The van der Waals surface area contributed by atoms with Crippen LogP contribution < -0.4 is 0 Å². The summed E-state index contributed by atoms with van der Waals surface area (Å²) >= 11 is 0. The molecule has 0 N–H and O–H groups in total. The summed E-state index contributed by atoms with van der Waals surface area (Å²) in [5.41, 5.74) is 8.23. The molecule has 0 bridgehead atoms. The van der Waals surface area contributed by atoms with E-state index < -0.39 is 0 Å². The molecule has 18 heavy (non-hydrogen) atoms. The second-order valence-corrected chi connectivity index (χ2v) is 6.61. The largest absolute Gasteiger partial charge is 0.0683 e. The molecule has 0 aliphatic heterocycles. The van der Waals surface area contributed by atoms with E-state index in [2.05, 4.69) is 39.0 Å². The maximum Gasteiger partial charge on any atom is -0.00576 e. The minimum Gasteiger partial charge on any atom is -0.0683 e. The minimum absolute atomic E-state index is 0.439. The highest BCUT2D eigenvalue weighted by atomic mass is 14.4. The van der Waals surface area contributed by atoms with Crippen molar-refractivity contribution in [2.75, 3.05) is 0 Å². The number of benzene rings is 1. The first-order chi connectivity index (χ1) is 8.60. The van der Waals surface area contributed by atoms with Crippen molar-refractivity contribution in [3.63, 3.8) is 0 Å². The maximum atomic E-state index is 2.49. The fourth-order valence-electron chi connectivity index (χ4n) is 3.92. The van der Waals surface area contributed by atoms with Crippen LogP contribution in [0.4, 0.5) is 0 Å². The molecule has 1 aromatic carbocycles. The van der Waals surface area contributed by atoms with Gasteiger partial charge in [-0.2, -0.15) is 0 Å². The van der Waals surface area contributed by atoms with Crippen LogP contribution in [0.2, 0.25) is 0 Å². The van der Waals surface area contributed by atoms with E-state index in [-0.39, 0.29) is 0 Å². The van der Waals surface area contributed by atoms with Crippen molar-refractivity contribution in [3.8, 4) is 0 Å². The van der Waals surface area contributed by atoms with Crippen LogP contribution in [-0.4, -0.2) is 0 Å². The quantitative estimate of drug-likeness (QED) is 0.634. The summed E-state index contributed by atoms with van der Waals surface area (Å²) in [5, 5.41) is 0. The van der Waals surface area contributed by atoms with Gasteiger partial charge in [-0.05, 0) is 60.8 Å². The number of rotatable bonds is 1. The van der Waals surface area contributed by atoms with Crippen molar-refractivity contribution in [2.45, 2.75) is 64.7 Å². The molecule has 0 saturated heterocycles. The van der Waals surface area contributed by atoms with Crippen LogP contribution in [0.5, 0.6) is 0 Å². The SMILES string of the molecule is CC1=Cc2c(C)ccc(C3(C)CCCCC3)c2C1. The topological polar surface area (TPSA) is 0 Å². The molecule has 1 saturated carbocycles. The summed E-state index contributed by atoms with van der Waals surface area (Å²) in [5.74, 6) is 0. The number of aryl methyl sites for hydroxylation is 1. The lowest BCUT2D eigenvalue weighted by molar-refractivity contribution is 0.318. The van der Waals surface area contributed by atoms with Gasteiger partial charge in [0, 0.05) is 0 Å². The van der Waals surface area contributed by atoms with Crippen LogP contribution in [-0.2, 0) is 11.8 Å². The van der Waals surface area contributed by atoms with E-state index in [1.54, 1.807) is 11.1 Å². The first-order valence-electron chi connectivity index (χ1n) is 7.40. The van der Waals surface area contributed by atoms with Gasteiger partial charge in [-0.1, -0.05) is 50.0 Å². The Kier molecular flexibility index (Phi) is 2.84. The van der Waals surface area contributed by atoms with E-state index in [9.17, 15) is 0 Å². The average molecular weight is 240 g/mol. The third-order valence-corrected chi connectivity index (χ3v) is 5.03. The van der Waals surface area contributed by atoms with Gasteiger partial charge in [0.1, 0.15) is 0 Å². The van der Waals surface area contributed by atoms with Gasteiger partial charge in [-0.3, -0.25) is 0 Å². The zero-order chi connectivity index (χ0) is 12.8. The molecule has 1 fully saturated rings. The molecule has 2 aliphatic rings. The lowest BCUT2D eigenvalue weighted by atomic mass is 9.69. The molecular formula is C18H24. The lowest BCUT2D eigenvalue weighted by Gasteiger charge is -2.36. The Bertz CT molecular complexity index is 499. The Labute approximate surface area is 111 Å². The Hall–Kier alpha value is -1.04. The fraction of sp³-hybridized carbons (Fsp3) is 0.556.